The van der Waals surface area contributed by atoms with Gasteiger partial charge in [0.05, 0.1) is 0 Å². The lowest BCUT2D eigenvalue weighted by Crippen LogP contribution is -2.47. The molecule has 120 valence electrons. The first-order valence-electron chi connectivity index (χ1n) is 7.19. The van der Waals surface area contributed by atoms with E-state index in [9.17, 15) is 0 Å². The van der Waals surface area contributed by atoms with Crippen molar-refractivity contribution in [1.82, 2.24) is 10.6 Å². The molecule has 0 aromatic heterocycles. The van der Waals surface area contributed by atoms with Crippen LogP contribution in [0.1, 0.15) is 32.1 Å². The van der Waals surface area contributed by atoms with Crippen LogP contribution in [-0.4, -0.2) is 51.8 Å². The molecule has 1 aliphatic rings. The van der Waals surface area contributed by atoms with Gasteiger partial charge in [-0.05, 0) is 43.1 Å². The van der Waals surface area contributed by atoms with Gasteiger partial charge in [0.25, 0.3) is 0 Å². The Bertz CT molecular complexity index is 273. The van der Waals surface area contributed by atoms with Crippen LogP contribution >= 0.6 is 35.7 Å². The van der Waals surface area contributed by atoms with E-state index in [-0.39, 0.29) is 24.0 Å². The van der Waals surface area contributed by atoms with Crippen molar-refractivity contribution < 1.29 is 4.74 Å². The highest BCUT2D eigenvalue weighted by Crippen LogP contribution is 2.43. The molecule has 1 saturated carbocycles. The minimum Gasteiger partial charge on any atom is -0.385 e. The molecule has 0 heterocycles. The molecule has 4 nitrogen and oxygen atoms in total. The van der Waals surface area contributed by atoms with Gasteiger partial charge in [0.2, 0.25) is 0 Å². The topological polar surface area (TPSA) is 45.7 Å². The second-order valence-electron chi connectivity index (χ2n) is 5.30. The van der Waals surface area contributed by atoms with Crippen LogP contribution in [-0.2, 0) is 4.74 Å². The predicted octanol–water partition coefficient (Wildman–Crippen LogP) is 2.73. The zero-order valence-electron chi connectivity index (χ0n) is 13.0. The molecular formula is C14H30IN3OS. The minimum atomic E-state index is 0. The maximum atomic E-state index is 5.22. The third-order valence-electron chi connectivity index (χ3n) is 3.92. The number of nitrogens with one attached hydrogen (secondary N) is 2. The molecular weight excluding hydrogens is 385 g/mol. The number of methoxy groups -OCH3 is 1. The van der Waals surface area contributed by atoms with Crippen molar-refractivity contribution in [2.75, 3.05) is 45.9 Å². The van der Waals surface area contributed by atoms with Crippen LogP contribution in [0, 0.1) is 5.41 Å². The van der Waals surface area contributed by atoms with Crippen molar-refractivity contribution in [3.05, 3.63) is 0 Å². The van der Waals surface area contributed by atoms with Crippen LogP contribution in [0.5, 0.6) is 0 Å². The number of hydrogen-bond donors (Lipinski definition) is 2. The number of halogens is 1. The highest BCUT2D eigenvalue weighted by Gasteiger charge is 2.36. The molecule has 20 heavy (non-hydrogen) atoms. The van der Waals surface area contributed by atoms with E-state index in [2.05, 4.69) is 21.9 Å². The summed E-state index contributed by atoms with van der Waals surface area (Å²) in [5, 5.41) is 6.85. The van der Waals surface area contributed by atoms with Crippen molar-refractivity contribution in [3.8, 4) is 0 Å². The molecule has 0 aliphatic heterocycles. The van der Waals surface area contributed by atoms with Crippen molar-refractivity contribution in [2.24, 2.45) is 10.4 Å². The van der Waals surface area contributed by atoms with Crippen LogP contribution in [0.4, 0.5) is 0 Å². The van der Waals surface area contributed by atoms with E-state index in [1.807, 2.05) is 18.8 Å². The largest absolute Gasteiger partial charge is 0.385 e. The summed E-state index contributed by atoms with van der Waals surface area (Å²) in [6, 6.07) is 0. The Kier molecular flexibility index (Phi) is 12.1. The number of guanidine groups is 1. The van der Waals surface area contributed by atoms with Gasteiger partial charge in [0, 0.05) is 33.9 Å². The summed E-state index contributed by atoms with van der Waals surface area (Å²) >= 11 is 1.89. The summed E-state index contributed by atoms with van der Waals surface area (Å²) < 4.78 is 5.22. The number of nitrogens with zero attached hydrogens (tertiary/aromatic N) is 1. The van der Waals surface area contributed by atoms with E-state index in [0.29, 0.717) is 5.41 Å². The monoisotopic (exact) mass is 415 g/mol. The van der Waals surface area contributed by atoms with Crippen LogP contribution in [0.25, 0.3) is 0 Å². The lowest BCUT2D eigenvalue weighted by molar-refractivity contribution is 0.0732. The Morgan fingerprint density at radius 3 is 2.60 bits per heavy atom. The second-order valence-corrected chi connectivity index (χ2v) is 6.28. The van der Waals surface area contributed by atoms with Crippen molar-refractivity contribution in [2.45, 2.75) is 32.1 Å². The first kappa shape index (κ1) is 20.3. The molecule has 0 radical (unpaired) electrons. The molecule has 1 rings (SSSR count). The fourth-order valence-corrected chi connectivity index (χ4v) is 2.86. The van der Waals surface area contributed by atoms with Gasteiger partial charge in [-0.2, -0.15) is 11.8 Å². The Morgan fingerprint density at radius 1 is 1.35 bits per heavy atom. The average Bonchev–Trinajstić information content (AvgIpc) is 2.39. The lowest BCUT2D eigenvalue weighted by atomic mass is 9.67. The Labute approximate surface area is 145 Å². The molecule has 0 saturated heterocycles. The summed E-state index contributed by atoms with van der Waals surface area (Å²) in [6.07, 6.45) is 8.45. The van der Waals surface area contributed by atoms with E-state index in [4.69, 9.17) is 4.74 Å². The van der Waals surface area contributed by atoms with Gasteiger partial charge in [-0.1, -0.05) is 6.42 Å². The zero-order valence-corrected chi connectivity index (χ0v) is 16.2. The lowest BCUT2D eigenvalue weighted by Gasteiger charge is -2.42. The Balaban J connectivity index is 0.00000361. The van der Waals surface area contributed by atoms with Gasteiger partial charge in [-0.15, -0.1) is 24.0 Å². The minimum absolute atomic E-state index is 0. The SMILES string of the molecule is CN=C(NCCCSC)NCC1(CCOC)CCC1.I. The van der Waals surface area contributed by atoms with E-state index in [1.54, 1.807) is 7.11 Å². The van der Waals surface area contributed by atoms with Gasteiger partial charge in [0.1, 0.15) is 0 Å². The molecule has 0 amide bonds. The normalized spacial score (nSPS) is 17.1. The highest BCUT2D eigenvalue weighted by atomic mass is 127. The standard InChI is InChI=1S/C14H29N3OS.HI/c1-15-13(16-9-5-11-19-3)17-12-14(6-4-7-14)8-10-18-2;/h4-12H2,1-3H3,(H2,15,16,17);1H. The van der Waals surface area contributed by atoms with Gasteiger partial charge < -0.3 is 15.4 Å². The Morgan fingerprint density at radius 2 is 2.10 bits per heavy atom. The highest BCUT2D eigenvalue weighted by molar-refractivity contribution is 14.0. The van der Waals surface area contributed by atoms with Gasteiger partial charge in [-0.25, -0.2) is 0 Å². The third kappa shape index (κ3) is 7.36. The van der Waals surface area contributed by atoms with E-state index in [1.165, 1.54) is 31.4 Å². The van der Waals surface area contributed by atoms with Crippen molar-refractivity contribution >= 4 is 41.7 Å². The summed E-state index contributed by atoms with van der Waals surface area (Å²) in [5.41, 5.74) is 0.437. The predicted molar refractivity (Wildman–Crippen MR) is 101 cm³/mol. The number of rotatable bonds is 9. The van der Waals surface area contributed by atoms with E-state index < -0.39 is 0 Å². The molecule has 1 fully saturated rings. The fraction of sp³-hybridized carbons (Fsp3) is 0.929. The number of aliphatic imine (C=N–C) groups is 1. The molecule has 0 unspecified atom stereocenters. The summed E-state index contributed by atoms with van der Waals surface area (Å²) in [4.78, 5) is 4.28. The molecule has 0 aromatic carbocycles. The smallest absolute Gasteiger partial charge is 0.190 e. The van der Waals surface area contributed by atoms with Crippen LogP contribution in [0.3, 0.4) is 0 Å². The maximum Gasteiger partial charge on any atom is 0.190 e. The van der Waals surface area contributed by atoms with Gasteiger partial charge in [0.15, 0.2) is 5.96 Å². The van der Waals surface area contributed by atoms with Crippen LogP contribution in [0.15, 0.2) is 4.99 Å². The van der Waals surface area contributed by atoms with E-state index in [0.717, 1.165) is 32.1 Å². The molecule has 2 N–H and O–H groups in total. The number of hydrogen-bond acceptors (Lipinski definition) is 3. The summed E-state index contributed by atoms with van der Waals surface area (Å²) in [5.74, 6) is 2.13. The maximum absolute atomic E-state index is 5.22. The van der Waals surface area contributed by atoms with Gasteiger partial charge in [-0.3, -0.25) is 4.99 Å². The quantitative estimate of drug-likeness (QED) is 0.263. The Hall–Kier alpha value is 0.310. The summed E-state index contributed by atoms with van der Waals surface area (Å²) in [7, 11) is 3.62. The first-order chi connectivity index (χ1) is 9.26. The number of thioether (sulfide) groups is 1. The average molecular weight is 415 g/mol. The molecule has 6 heteroatoms. The van der Waals surface area contributed by atoms with Crippen LogP contribution < -0.4 is 10.6 Å². The molecule has 0 atom stereocenters. The van der Waals surface area contributed by atoms with E-state index >= 15 is 0 Å². The third-order valence-corrected chi connectivity index (χ3v) is 4.62. The summed E-state index contributed by atoms with van der Waals surface area (Å²) in [6.45, 7) is 2.87. The molecule has 0 spiro atoms. The second kappa shape index (κ2) is 11.9. The van der Waals surface area contributed by atoms with Crippen molar-refractivity contribution in [1.29, 1.82) is 0 Å². The first-order valence-corrected chi connectivity index (χ1v) is 8.58. The molecule has 1 aliphatic carbocycles. The van der Waals surface area contributed by atoms with Crippen molar-refractivity contribution in [3.63, 3.8) is 0 Å². The fourth-order valence-electron chi connectivity index (χ4n) is 2.43. The number of ether oxygens (including phenoxy) is 1. The zero-order chi connectivity index (χ0) is 14.0. The molecule has 0 aromatic rings. The van der Waals surface area contributed by atoms with Crippen LogP contribution in [0.2, 0.25) is 0 Å². The van der Waals surface area contributed by atoms with Gasteiger partial charge >= 0.3 is 0 Å². The molecule has 0 bridgehead atoms.